The highest BCUT2D eigenvalue weighted by atomic mass is 16.7. The fraction of sp³-hybridized carbons (Fsp3) is 0.812. The SMILES string of the molecule is CC(C)(C)OC(=O)NC1CCC=C1B1OC(C)(C)C(C)(C)O1. The zero-order chi connectivity index (χ0) is 16.8. The van der Waals surface area contributed by atoms with Gasteiger partial charge in [-0.15, -0.1) is 0 Å². The van der Waals surface area contributed by atoms with Crippen LogP contribution in [0.1, 0.15) is 61.3 Å². The van der Waals surface area contributed by atoms with Gasteiger partial charge in [-0.05, 0) is 66.8 Å². The molecule has 0 radical (unpaired) electrons. The molecule has 124 valence electrons. The van der Waals surface area contributed by atoms with Crippen molar-refractivity contribution < 1.29 is 18.8 Å². The number of hydrogen-bond donors (Lipinski definition) is 1. The molecule has 1 N–H and O–H groups in total. The summed E-state index contributed by atoms with van der Waals surface area (Å²) in [6.07, 6.45) is 3.45. The Morgan fingerprint density at radius 2 is 1.82 bits per heavy atom. The second-order valence-corrected chi connectivity index (χ2v) is 8.07. The second kappa shape index (κ2) is 5.57. The maximum Gasteiger partial charge on any atom is 0.492 e. The van der Waals surface area contributed by atoms with E-state index in [0.717, 1.165) is 18.3 Å². The van der Waals surface area contributed by atoms with Crippen molar-refractivity contribution >= 4 is 13.2 Å². The van der Waals surface area contributed by atoms with Gasteiger partial charge in [0.15, 0.2) is 0 Å². The monoisotopic (exact) mass is 309 g/mol. The lowest BCUT2D eigenvalue weighted by Gasteiger charge is -2.32. The Hall–Kier alpha value is -1.01. The van der Waals surface area contributed by atoms with Gasteiger partial charge in [-0.2, -0.15) is 0 Å². The Kier molecular flexibility index (Phi) is 4.39. The third kappa shape index (κ3) is 3.66. The molecule has 22 heavy (non-hydrogen) atoms. The molecule has 2 rings (SSSR count). The smallest absolute Gasteiger partial charge is 0.444 e. The minimum Gasteiger partial charge on any atom is -0.444 e. The average molecular weight is 309 g/mol. The van der Waals surface area contributed by atoms with Gasteiger partial charge in [-0.1, -0.05) is 6.08 Å². The molecule has 0 bridgehead atoms. The van der Waals surface area contributed by atoms with Gasteiger partial charge < -0.3 is 19.4 Å². The number of carbonyl (C=O) groups is 1. The zero-order valence-corrected chi connectivity index (χ0v) is 14.8. The van der Waals surface area contributed by atoms with Crippen LogP contribution in [-0.4, -0.2) is 36.1 Å². The molecular formula is C16H28BNO4. The molecule has 0 aromatic heterocycles. The molecule has 1 heterocycles. The summed E-state index contributed by atoms with van der Waals surface area (Å²) in [4.78, 5) is 12.0. The first kappa shape index (κ1) is 17.4. The van der Waals surface area contributed by atoms with E-state index in [1.165, 1.54) is 0 Å². The minimum absolute atomic E-state index is 0.0930. The van der Waals surface area contributed by atoms with E-state index in [9.17, 15) is 4.79 Å². The second-order valence-electron chi connectivity index (χ2n) is 8.07. The predicted molar refractivity (Wildman–Crippen MR) is 86.6 cm³/mol. The van der Waals surface area contributed by atoms with Crippen LogP contribution in [0.5, 0.6) is 0 Å². The van der Waals surface area contributed by atoms with E-state index < -0.39 is 18.8 Å². The summed E-state index contributed by atoms with van der Waals surface area (Å²) in [5.41, 5.74) is -0.268. The van der Waals surface area contributed by atoms with Crippen LogP contribution in [0.3, 0.4) is 0 Å². The predicted octanol–water partition coefficient (Wildman–Crippen LogP) is 3.23. The van der Waals surface area contributed by atoms with Crippen molar-refractivity contribution in [1.29, 1.82) is 0 Å². The van der Waals surface area contributed by atoms with Gasteiger partial charge in [0.25, 0.3) is 0 Å². The molecule has 1 unspecified atom stereocenters. The van der Waals surface area contributed by atoms with Crippen molar-refractivity contribution in [2.24, 2.45) is 0 Å². The summed E-state index contributed by atoms with van der Waals surface area (Å²) in [6.45, 7) is 13.7. The maximum absolute atomic E-state index is 12.0. The van der Waals surface area contributed by atoms with E-state index >= 15 is 0 Å². The summed E-state index contributed by atoms with van der Waals surface area (Å²) in [5, 5.41) is 2.93. The first-order valence-electron chi connectivity index (χ1n) is 7.96. The average Bonchev–Trinajstić information content (AvgIpc) is 2.79. The van der Waals surface area contributed by atoms with Crippen LogP contribution in [0.25, 0.3) is 0 Å². The standard InChI is InChI=1S/C16H28BNO4/c1-14(2,3)20-13(19)18-12-10-8-9-11(12)17-21-15(4,5)16(6,7)22-17/h9,12H,8,10H2,1-7H3,(H,18,19). The molecular weight excluding hydrogens is 281 g/mol. The number of carbonyl (C=O) groups excluding carboxylic acids is 1. The normalized spacial score (nSPS) is 26.8. The highest BCUT2D eigenvalue weighted by Crippen LogP contribution is 2.40. The summed E-state index contributed by atoms with van der Waals surface area (Å²) in [5.74, 6) is 0. The number of ether oxygens (including phenoxy) is 1. The van der Waals surface area contributed by atoms with E-state index in [1.807, 2.05) is 48.5 Å². The highest BCUT2D eigenvalue weighted by Gasteiger charge is 2.53. The van der Waals surface area contributed by atoms with E-state index in [2.05, 4.69) is 11.4 Å². The largest absolute Gasteiger partial charge is 0.492 e. The van der Waals surface area contributed by atoms with Crippen molar-refractivity contribution in [2.45, 2.75) is 84.2 Å². The lowest BCUT2D eigenvalue weighted by Crippen LogP contribution is -2.42. The van der Waals surface area contributed by atoms with Crippen molar-refractivity contribution in [3.05, 3.63) is 11.5 Å². The van der Waals surface area contributed by atoms with Gasteiger partial charge >= 0.3 is 13.2 Å². The number of rotatable bonds is 2. The van der Waals surface area contributed by atoms with Crippen LogP contribution in [-0.2, 0) is 14.0 Å². The van der Waals surface area contributed by atoms with E-state index in [4.69, 9.17) is 14.0 Å². The van der Waals surface area contributed by atoms with Crippen molar-refractivity contribution in [2.75, 3.05) is 0 Å². The molecule has 0 aromatic rings. The number of alkyl carbamates (subject to hydrolysis) is 1. The van der Waals surface area contributed by atoms with Gasteiger partial charge in [0, 0.05) is 0 Å². The molecule has 1 saturated heterocycles. The third-order valence-electron chi connectivity index (χ3n) is 4.45. The van der Waals surface area contributed by atoms with Crippen LogP contribution in [0, 0.1) is 0 Å². The Morgan fingerprint density at radius 1 is 1.27 bits per heavy atom. The van der Waals surface area contributed by atoms with Gasteiger partial charge in [-0.3, -0.25) is 0 Å². The summed E-state index contributed by atoms with van der Waals surface area (Å²) < 4.78 is 17.5. The highest BCUT2D eigenvalue weighted by molar-refractivity contribution is 6.55. The number of amides is 1. The van der Waals surface area contributed by atoms with E-state index in [1.54, 1.807) is 0 Å². The Morgan fingerprint density at radius 3 is 2.32 bits per heavy atom. The first-order chi connectivity index (χ1) is 9.91. The van der Waals surface area contributed by atoms with Crippen LogP contribution in [0.2, 0.25) is 0 Å². The summed E-state index contributed by atoms with van der Waals surface area (Å²) >= 11 is 0. The lowest BCUT2D eigenvalue weighted by molar-refractivity contribution is 0.00578. The Labute approximate surface area is 133 Å². The fourth-order valence-corrected chi connectivity index (χ4v) is 2.57. The first-order valence-corrected chi connectivity index (χ1v) is 7.96. The number of hydrogen-bond acceptors (Lipinski definition) is 4. The summed E-state index contributed by atoms with van der Waals surface area (Å²) in [6, 6.07) is -0.0930. The van der Waals surface area contributed by atoms with Crippen LogP contribution < -0.4 is 5.32 Å². The van der Waals surface area contributed by atoms with Crippen LogP contribution in [0.15, 0.2) is 11.5 Å². The molecule has 0 aromatic carbocycles. The number of allylic oxidation sites excluding steroid dienone is 1. The third-order valence-corrected chi connectivity index (χ3v) is 4.45. The van der Waals surface area contributed by atoms with E-state index in [-0.39, 0.29) is 17.2 Å². The van der Waals surface area contributed by atoms with Gasteiger partial charge in [-0.25, -0.2) is 4.79 Å². The summed E-state index contributed by atoms with van der Waals surface area (Å²) in [7, 11) is -0.410. The molecule has 1 fully saturated rings. The lowest BCUT2D eigenvalue weighted by atomic mass is 9.75. The molecule has 1 atom stereocenters. The molecule has 0 saturated carbocycles. The van der Waals surface area contributed by atoms with E-state index in [0.29, 0.717) is 0 Å². The fourth-order valence-electron chi connectivity index (χ4n) is 2.57. The Balaban J connectivity index is 2.02. The zero-order valence-electron chi connectivity index (χ0n) is 14.8. The molecule has 1 amide bonds. The van der Waals surface area contributed by atoms with Crippen molar-refractivity contribution in [1.82, 2.24) is 5.32 Å². The topological polar surface area (TPSA) is 56.8 Å². The molecule has 5 nitrogen and oxygen atoms in total. The number of nitrogens with one attached hydrogen (secondary N) is 1. The van der Waals surface area contributed by atoms with Gasteiger partial charge in [0.1, 0.15) is 5.60 Å². The van der Waals surface area contributed by atoms with Crippen molar-refractivity contribution in [3.63, 3.8) is 0 Å². The molecule has 6 heteroatoms. The molecule has 0 spiro atoms. The van der Waals surface area contributed by atoms with Crippen molar-refractivity contribution in [3.8, 4) is 0 Å². The van der Waals surface area contributed by atoms with Gasteiger partial charge in [0.05, 0.1) is 17.2 Å². The Bertz CT molecular complexity index is 463. The molecule has 2 aliphatic rings. The van der Waals surface area contributed by atoms with Crippen LogP contribution in [0.4, 0.5) is 4.79 Å². The maximum atomic E-state index is 12.0. The minimum atomic E-state index is -0.503. The van der Waals surface area contributed by atoms with Crippen LogP contribution >= 0.6 is 0 Å². The quantitative estimate of drug-likeness (QED) is 0.796. The molecule has 1 aliphatic carbocycles. The molecule has 1 aliphatic heterocycles. The van der Waals surface area contributed by atoms with Gasteiger partial charge in [0.2, 0.25) is 0 Å².